The van der Waals surface area contributed by atoms with Gasteiger partial charge in [-0.2, -0.15) is 0 Å². The van der Waals surface area contributed by atoms with Crippen LogP contribution in [0.5, 0.6) is 0 Å². The van der Waals surface area contributed by atoms with Crippen LogP contribution >= 0.6 is 0 Å². The molecule has 4 rings (SSSR count). The maximum Gasteiger partial charge on any atom is 0.242 e. The number of likely N-dealkylation sites (tertiary alicyclic amines) is 1. The molecule has 0 aliphatic carbocycles. The summed E-state index contributed by atoms with van der Waals surface area (Å²) in [5, 5.41) is 0. The van der Waals surface area contributed by atoms with Gasteiger partial charge in [0.2, 0.25) is 5.91 Å². The fraction of sp³-hybridized carbons (Fsp3) is 0.632. The molecule has 3 heterocycles. The van der Waals surface area contributed by atoms with Crippen LogP contribution in [0.25, 0.3) is 0 Å². The van der Waals surface area contributed by atoms with Gasteiger partial charge in [0, 0.05) is 38.0 Å². The maximum atomic E-state index is 12.9. The summed E-state index contributed by atoms with van der Waals surface area (Å²) in [4.78, 5) is 17.3. The summed E-state index contributed by atoms with van der Waals surface area (Å²) in [6.45, 7) is 6.35. The second-order valence-electron chi connectivity index (χ2n) is 7.29. The van der Waals surface area contributed by atoms with Gasteiger partial charge in [-0.15, -0.1) is 0 Å². The molecule has 1 atom stereocenters. The average Bonchev–Trinajstić information content (AvgIpc) is 3.12. The summed E-state index contributed by atoms with van der Waals surface area (Å²) < 4.78 is 5.54. The number of carbonyl (C=O) groups excluding carboxylic acids is 1. The van der Waals surface area contributed by atoms with Crippen molar-refractivity contribution >= 4 is 11.6 Å². The Morgan fingerprint density at radius 2 is 2.00 bits per heavy atom. The van der Waals surface area contributed by atoms with Crippen LogP contribution < -0.4 is 4.90 Å². The number of benzene rings is 1. The zero-order valence-electron chi connectivity index (χ0n) is 14.0. The monoisotopic (exact) mass is 314 g/mol. The first-order valence-corrected chi connectivity index (χ1v) is 8.90. The molecule has 124 valence electrons. The first-order chi connectivity index (χ1) is 11.2. The van der Waals surface area contributed by atoms with E-state index in [1.807, 2.05) is 0 Å². The molecular formula is C19H26N2O2. The molecule has 1 aromatic carbocycles. The van der Waals surface area contributed by atoms with Gasteiger partial charge >= 0.3 is 0 Å². The van der Waals surface area contributed by atoms with Gasteiger partial charge in [0.05, 0.1) is 6.54 Å². The highest BCUT2D eigenvalue weighted by Gasteiger charge is 2.47. The first-order valence-electron chi connectivity index (χ1n) is 8.90. The molecule has 3 aliphatic heterocycles. The largest absolute Gasteiger partial charge is 0.381 e. The standard InChI is InChI=1S/C19H26N2O2/c1-15-19(8-12-23-13-9-19)7-11-21(15)18(22)14-20-10-6-16-4-2-3-5-17(16)20/h2-5,15H,6-14H2,1H3/t15-/m1/s1. The lowest BCUT2D eigenvalue weighted by molar-refractivity contribution is -0.131. The number of fused-ring (bicyclic) bond motifs is 1. The van der Waals surface area contributed by atoms with Crippen LogP contribution in [-0.4, -0.2) is 49.7 Å². The zero-order valence-corrected chi connectivity index (χ0v) is 14.0. The van der Waals surface area contributed by atoms with Crippen molar-refractivity contribution in [2.75, 3.05) is 37.7 Å². The van der Waals surface area contributed by atoms with Gasteiger partial charge in [0.25, 0.3) is 0 Å². The van der Waals surface area contributed by atoms with E-state index in [0.717, 1.165) is 52.0 Å². The van der Waals surface area contributed by atoms with E-state index >= 15 is 0 Å². The lowest BCUT2D eigenvalue weighted by Gasteiger charge is -2.39. The van der Waals surface area contributed by atoms with Crippen molar-refractivity contribution in [3.05, 3.63) is 29.8 Å². The van der Waals surface area contributed by atoms with E-state index in [2.05, 4.69) is 41.0 Å². The van der Waals surface area contributed by atoms with Gasteiger partial charge in [-0.05, 0) is 49.7 Å². The molecular weight excluding hydrogens is 288 g/mol. The van der Waals surface area contributed by atoms with Crippen molar-refractivity contribution in [1.82, 2.24) is 4.90 Å². The Hall–Kier alpha value is -1.55. The second kappa shape index (κ2) is 5.82. The van der Waals surface area contributed by atoms with E-state index < -0.39 is 0 Å². The minimum atomic E-state index is 0.289. The van der Waals surface area contributed by atoms with Crippen LogP contribution in [0.3, 0.4) is 0 Å². The number of ether oxygens (including phenoxy) is 1. The smallest absolute Gasteiger partial charge is 0.242 e. The van der Waals surface area contributed by atoms with Crippen molar-refractivity contribution in [2.24, 2.45) is 5.41 Å². The summed E-state index contributed by atoms with van der Waals surface area (Å²) in [7, 11) is 0. The predicted octanol–water partition coefficient (Wildman–Crippen LogP) is 2.47. The number of hydrogen-bond donors (Lipinski definition) is 0. The highest BCUT2D eigenvalue weighted by atomic mass is 16.5. The molecule has 0 N–H and O–H groups in total. The van der Waals surface area contributed by atoms with Gasteiger partial charge in [-0.25, -0.2) is 0 Å². The Labute approximate surface area is 138 Å². The van der Waals surface area contributed by atoms with Crippen LogP contribution in [0.2, 0.25) is 0 Å². The Morgan fingerprint density at radius 1 is 1.22 bits per heavy atom. The molecule has 0 bridgehead atoms. The molecule has 3 aliphatic rings. The number of anilines is 1. The van der Waals surface area contributed by atoms with Crippen molar-refractivity contribution < 1.29 is 9.53 Å². The average molecular weight is 314 g/mol. The van der Waals surface area contributed by atoms with E-state index in [9.17, 15) is 4.79 Å². The number of amides is 1. The molecule has 1 aromatic rings. The summed E-state index contributed by atoms with van der Waals surface area (Å²) in [5.74, 6) is 0.289. The van der Waals surface area contributed by atoms with Crippen molar-refractivity contribution in [1.29, 1.82) is 0 Å². The normalized spacial score (nSPS) is 25.9. The second-order valence-corrected chi connectivity index (χ2v) is 7.29. The predicted molar refractivity (Wildman–Crippen MR) is 90.6 cm³/mol. The molecule has 0 radical (unpaired) electrons. The lowest BCUT2D eigenvalue weighted by atomic mass is 9.74. The van der Waals surface area contributed by atoms with Gasteiger partial charge in [-0.3, -0.25) is 4.79 Å². The Kier molecular flexibility index (Phi) is 3.80. The molecule has 0 unspecified atom stereocenters. The fourth-order valence-electron chi connectivity index (χ4n) is 4.69. The third kappa shape index (κ3) is 2.53. The van der Waals surface area contributed by atoms with Gasteiger partial charge in [0.1, 0.15) is 0 Å². The molecule has 1 spiro atoms. The van der Waals surface area contributed by atoms with Crippen LogP contribution in [0, 0.1) is 5.41 Å². The zero-order chi connectivity index (χ0) is 15.9. The van der Waals surface area contributed by atoms with E-state index in [1.54, 1.807) is 0 Å². The summed E-state index contributed by atoms with van der Waals surface area (Å²) in [5.41, 5.74) is 2.92. The van der Waals surface area contributed by atoms with E-state index in [-0.39, 0.29) is 5.91 Å². The molecule has 4 heteroatoms. The molecule has 4 nitrogen and oxygen atoms in total. The molecule has 0 aromatic heterocycles. The minimum Gasteiger partial charge on any atom is -0.381 e. The Bertz CT molecular complexity index is 595. The van der Waals surface area contributed by atoms with Crippen molar-refractivity contribution in [2.45, 2.75) is 38.6 Å². The fourth-order valence-corrected chi connectivity index (χ4v) is 4.69. The Balaban J connectivity index is 1.44. The molecule has 2 fully saturated rings. The number of para-hydroxylation sites is 1. The van der Waals surface area contributed by atoms with Gasteiger partial charge in [-0.1, -0.05) is 18.2 Å². The number of nitrogens with zero attached hydrogens (tertiary/aromatic N) is 2. The van der Waals surface area contributed by atoms with Crippen LogP contribution in [0.4, 0.5) is 5.69 Å². The summed E-state index contributed by atoms with van der Waals surface area (Å²) in [6, 6.07) is 8.81. The maximum absolute atomic E-state index is 12.9. The van der Waals surface area contributed by atoms with E-state index in [4.69, 9.17) is 4.74 Å². The highest BCUT2D eigenvalue weighted by molar-refractivity contribution is 5.83. The van der Waals surface area contributed by atoms with Crippen LogP contribution in [-0.2, 0) is 16.0 Å². The van der Waals surface area contributed by atoms with Crippen molar-refractivity contribution in [3.63, 3.8) is 0 Å². The number of carbonyl (C=O) groups is 1. The van der Waals surface area contributed by atoms with Crippen LogP contribution in [0.15, 0.2) is 24.3 Å². The quantitative estimate of drug-likeness (QED) is 0.841. The van der Waals surface area contributed by atoms with E-state index in [0.29, 0.717) is 18.0 Å². The van der Waals surface area contributed by atoms with Gasteiger partial charge in [0.15, 0.2) is 0 Å². The van der Waals surface area contributed by atoms with E-state index in [1.165, 1.54) is 11.3 Å². The summed E-state index contributed by atoms with van der Waals surface area (Å²) in [6.07, 6.45) is 4.40. The molecule has 23 heavy (non-hydrogen) atoms. The first kappa shape index (κ1) is 15.0. The Morgan fingerprint density at radius 3 is 2.83 bits per heavy atom. The lowest BCUT2D eigenvalue weighted by Crippen LogP contribution is -2.46. The molecule has 1 amide bonds. The molecule has 2 saturated heterocycles. The highest BCUT2D eigenvalue weighted by Crippen LogP contribution is 2.45. The SMILES string of the molecule is C[C@H]1N(C(=O)CN2CCc3ccccc32)CCC12CCOCC2. The topological polar surface area (TPSA) is 32.8 Å². The van der Waals surface area contributed by atoms with Gasteiger partial charge < -0.3 is 14.5 Å². The van der Waals surface area contributed by atoms with Crippen LogP contribution in [0.1, 0.15) is 31.7 Å². The number of rotatable bonds is 2. The third-order valence-electron chi connectivity index (χ3n) is 6.32. The van der Waals surface area contributed by atoms with Crippen molar-refractivity contribution in [3.8, 4) is 0 Å². The third-order valence-corrected chi connectivity index (χ3v) is 6.32. The minimum absolute atomic E-state index is 0.289. The number of hydrogen-bond acceptors (Lipinski definition) is 3. The molecule has 0 saturated carbocycles. The summed E-state index contributed by atoms with van der Waals surface area (Å²) >= 11 is 0.